The van der Waals surface area contributed by atoms with Gasteiger partial charge in [0.05, 0.1) is 26.9 Å². The molecular weight excluding hydrogens is 342 g/mol. The fourth-order valence-electron chi connectivity index (χ4n) is 2.23. The van der Waals surface area contributed by atoms with Crippen molar-refractivity contribution >= 4 is 11.6 Å². The molecule has 0 amide bonds. The molecule has 0 spiro atoms. The highest BCUT2D eigenvalue weighted by atomic mass is 35.5. The largest absolute Gasteiger partial charge is 0.493 e. The fraction of sp³-hybridized carbons (Fsp3) is 0.368. The zero-order chi connectivity index (χ0) is 17.9. The van der Waals surface area contributed by atoms with E-state index in [9.17, 15) is 0 Å². The summed E-state index contributed by atoms with van der Waals surface area (Å²) in [5, 5.41) is 12.6. The zero-order valence-corrected chi connectivity index (χ0v) is 15.1. The summed E-state index contributed by atoms with van der Waals surface area (Å²) in [6.07, 6.45) is 0. The second-order valence-corrected chi connectivity index (χ2v) is 5.85. The lowest BCUT2D eigenvalue weighted by Crippen LogP contribution is -2.20. The molecule has 0 fully saturated rings. The quantitative estimate of drug-likeness (QED) is 0.599. The van der Waals surface area contributed by atoms with Crippen LogP contribution in [0.2, 0.25) is 5.02 Å². The van der Waals surface area contributed by atoms with E-state index in [4.69, 9.17) is 30.9 Å². The highest BCUT2D eigenvalue weighted by Gasteiger charge is 2.06. The van der Waals surface area contributed by atoms with Gasteiger partial charge >= 0.3 is 0 Å². The van der Waals surface area contributed by atoms with E-state index in [1.807, 2.05) is 42.5 Å². The molecule has 6 heteroatoms. The molecule has 2 rings (SSSR count). The molecule has 0 aliphatic carbocycles. The predicted octanol–water partition coefficient (Wildman–Crippen LogP) is 3.03. The summed E-state index contributed by atoms with van der Waals surface area (Å²) < 4.78 is 16.5. The van der Waals surface area contributed by atoms with Gasteiger partial charge in [0.15, 0.2) is 11.5 Å². The van der Waals surface area contributed by atoms with Gasteiger partial charge in [-0.3, -0.25) is 0 Å². The number of halogens is 1. The Morgan fingerprint density at radius 1 is 1.00 bits per heavy atom. The molecule has 0 aliphatic heterocycles. The molecule has 5 nitrogen and oxygen atoms in total. The number of nitrogens with one attached hydrogen (secondary N) is 1. The first-order chi connectivity index (χ1) is 12.2. The molecule has 2 aromatic rings. The Morgan fingerprint density at radius 3 is 2.48 bits per heavy atom. The summed E-state index contributed by atoms with van der Waals surface area (Å²) in [6.45, 7) is 2.87. The molecule has 0 radical (unpaired) electrons. The van der Waals surface area contributed by atoms with Crippen LogP contribution in [-0.2, 0) is 17.9 Å². The van der Waals surface area contributed by atoms with E-state index >= 15 is 0 Å². The Bertz CT molecular complexity index is 634. The van der Waals surface area contributed by atoms with Crippen molar-refractivity contribution in [3.05, 3.63) is 58.6 Å². The topological polar surface area (TPSA) is 60.0 Å². The van der Waals surface area contributed by atoms with E-state index < -0.39 is 0 Å². The molecule has 2 N–H and O–H groups in total. The minimum Gasteiger partial charge on any atom is -0.493 e. The molecule has 0 aromatic heterocycles. The van der Waals surface area contributed by atoms with Gasteiger partial charge < -0.3 is 24.6 Å². The van der Waals surface area contributed by atoms with Crippen LogP contribution in [0, 0.1) is 0 Å². The van der Waals surface area contributed by atoms with Crippen molar-refractivity contribution in [2.45, 2.75) is 13.2 Å². The molecule has 0 unspecified atom stereocenters. The number of benzene rings is 2. The van der Waals surface area contributed by atoms with E-state index in [0.29, 0.717) is 42.9 Å². The molecule has 0 heterocycles. The Morgan fingerprint density at radius 2 is 1.76 bits per heavy atom. The summed E-state index contributed by atoms with van der Waals surface area (Å²) in [4.78, 5) is 0. The van der Waals surface area contributed by atoms with Gasteiger partial charge in [-0.2, -0.15) is 0 Å². The minimum atomic E-state index is 0.0503. The maximum atomic E-state index is 8.64. The molecule has 25 heavy (non-hydrogen) atoms. The fourth-order valence-corrected chi connectivity index (χ4v) is 2.35. The first-order valence-corrected chi connectivity index (χ1v) is 8.54. The Balaban J connectivity index is 1.84. The average molecular weight is 366 g/mol. The van der Waals surface area contributed by atoms with Gasteiger partial charge in [-0.05, 0) is 35.4 Å². The standard InChI is InChI=1S/C19H24ClNO4/c1-23-19-12-16(13-21-8-10-24-11-9-22)4-7-18(19)25-14-15-2-5-17(20)6-3-15/h2-7,12,21-22H,8-11,13-14H2,1H3. The highest BCUT2D eigenvalue weighted by molar-refractivity contribution is 6.30. The second kappa shape index (κ2) is 10.9. The highest BCUT2D eigenvalue weighted by Crippen LogP contribution is 2.29. The number of hydrogen-bond donors (Lipinski definition) is 2. The smallest absolute Gasteiger partial charge is 0.161 e. The molecule has 0 atom stereocenters. The second-order valence-electron chi connectivity index (χ2n) is 5.41. The number of methoxy groups -OCH3 is 1. The van der Waals surface area contributed by atoms with E-state index in [0.717, 1.165) is 17.7 Å². The summed E-state index contributed by atoms with van der Waals surface area (Å²) in [5.41, 5.74) is 2.14. The van der Waals surface area contributed by atoms with Gasteiger partial charge in [-0.15, -0.1) is 0 Å². The summed E-state index contributed by atoms with van der Waals surface area (Å²) in [6, 6.07) is 13.4. The third-order valence-electron chi connectivity index (χ3n) is 3.52. The van der Waals surface area contributed by atoms with E-state index in [1.165, 1.54) is 0 Å². The maximum Gasteiger partial charge on any atom is 0.161 e. The van der Waals surface area contributed by atoms with Crippen molar-refractivity contribution in [3.63, 3.8) is 0 Å². The summed E-state index contributed by atoms with van der Waals surface area (Å²) >= 11 is 5.89. The van der Waals surface area contributed by atoms with Crippen molar-refractivity contribution < 1.29 is 19.3 Å². The SMILES string of the molecule is COc1cc(CNCCOCCO)ccc1OCc1ccc(Cl)cc1. The van der Waals surface area contributed by atoms with E-state index in [2.05, 4.69) is 5.32 Å². The van der Waals surface area contributed by atoms with Crippen molar-refractivity contribution in [1.29, 1.82) is 0 Å². The van der Waals surface area contributed by atoms with Crippen molar-refractivity contribution in [1.82, 2.24) is 5.32 Å². The van der Waals surface area contributed by atoms with E-state index in [-0.39, 0.29) is 6.61 Å². The lowest BCUT2D eigenvalue weighted by atomic mass is 10.2. The zero-order valence-electron chi connectivity index (χ0n) is 14.3. The molecule has 2 aromatic carbocycles. The van der Waals surface area contributed by atoms with Crippen molar-refractivity contribution in [3.8, 4) is 11.5 Å². The lowest BCUT2D eigenvalue weighted by molar-refractivity contribution is 0.0938. The van der Waals surface area contributed by atoms with Gasteiger partial charge in [0.1, 0.15) is 6.61 Å². The van der Waals surface area contributed by atoms with Crippen LogP contribution in [0.1, 0.15) is 11.1 Å². The lowest BCUT2D eigenvalue weighted by Gasteiger charge is -2.13. The van der Waals surface area contributed by atoms with Crippen LogP contribution in [-0.4, -0.2) is 38.6 Å². The Hall–Kier alpha value is -1.79. The van der Waals surface area contributed by atoms with Crippen molar-refractivity contribution in [2.75, 3.05) is 33.5 Å². The van der Waals surface area contributed by atoms with Crippen LogP contribution in [0.5, 0.6) is 11.5 Å². The van der Waals surface area contributed by atoms with Crippen LogP contribution in [0.15, 0.2) is 42.5 Å². The van der Waals surface area contributed by atoms with Crippen LogP contribution < -0.4 is 14.8 Å². The number of aliphatic hydroxyl groups is 1. The van der Waals surface area contributed by atoms with Gasteiger partial charge in [-0.1, -0.05) is 29.8 Å². The normalized spacial score (nSPS) is 10.7. The van der Waals surface area contributed by atoms with Gasteiger partial charge in [0, 0.05) is 18.1 Å². The molecular formula is C19H24ClNO4. The molecule has 136 valence electrons. The number of ether oxygens (including phenoxy) is 3. The maximum absolute atomic E-state index is 8.64. The van der Waals surface area contributed by atoms with Gasteiger partial charge in [0.2, 0.25) is 0 Å². The van der Waals surface area contributed by atoms with Gasteiger partial charge in [0.25, 0.3) is 0 Å². The first-order valence-electron chi connectivity index (χ1n) is 8.16. The molecule has 0 saturated heterocycles. The number of hydrogen-bond acceptors (Lipinski definition) is 5. The molecule has 0 aliphatic rings. The number of aliphatic hydroxyl groups excluding tert-OH is 1. The number of rotatable bonds is 11. The van der Waals surface area contributed by atoms with Crippen LogP contribution >= 0.6 is 11.6 Å². The third kappa shape index (κ3) is 6.92. The van der Waals surface area contributed by atoms with Crippen LogP contribution in [0.4, 0.5) is 0 Å². The predicted molar refractivity (Wildman–Crippen MR) is 98.4 cm³/mol. The first kappa shape index (κ1) is 19.5. The Labute approximate surface area is 153 Å². The Kier molecular flexibility index (Phi) is 8.55. The molecule has 0 saturated carbocycles. The van der Waals surface area contributed by atoms with E-state index in [1.54, 1.807) is 7.11 Å². The molecule has 0 bridgehead atoms. The van der Waals surface area contributed by atoms with Crippen LogP contribution in [0.3, 0.4) is 0 Å². The third-order valence-corrected chi connectivity index (χ3v) is 3.78. The van der Waals surface area contributed by atoms with Gasteiger partial charge in [-0.25, -0.2) is 0 Å². The van der Waals surface area contributed by atoms with Crippen molar-refractivity contribution in [2.24, 2.45) is 0 Å². The monoisotopic (exact) mass is 365 g/mol. The summed E-state index contributed by atoms with van der Waals surface area (Å²) in [5.74, 6) is 1.40. The summed E-state index contributed by atoms with van der Waals surface area (Å²) in [7, 11) is 1.63. The average Bonchev–Trinajstić information content (AvgIpc) is 2.64. The minimum absolute atomic E-state index is 0.0503. The van der Waals surface area contributed by atoms with Crippen LogP contribution in [0.25, 0.3) is 0 Å².